The quantitative estimate of drug-likeness (QED) is 0.707. The van der Waals surface area contributed by atoms with Crippen molar-refractivity contribution in [1.29, 1.82) is 0 Å². The van der Waals surface area contributed by atoms with Gasteiger partial charge in [-0.05, 0) is 50.4 Å². The van der Waals surface area contributed by atoms with Crippen LogP contribution in [0.2, 0.25) is 0 Å². The molecule has 0 aromatic heterocycles. The van der Waals surface area contributed by atoms with Gasteiger partial charge in [0, 0.05) is 12.3 Å². The first kappa shape index (κ1) is 12.5. The number of esters is 1. The summed E-state index contributed by atoms with van der Waals surface area (Å²) in [6, 6.07) is 0. The molecule has 3 saturated carbocycles. The largest absolute Gasteiger partial charge is 0.459 e. The van der Waals surface area contributed by atoms with Crippen molar-refractivity contribution in [3.8, 4) is 0 Å². The molecular weight excluding hydrogens is 224 g/mol. The lowest BCUT2D eigenvalue weighted by atomic mass is 9.65. The Hall–Kier alpha value is -0.530. The van der Waals surface area contributed by atoms with Crippen LogP contribution in [0.15, 0.2) is 0 Å². The standard InChI is InChI=1S/C16H26O2/c1-3-4-8-15(17)18-16(2)12-9-11-6-5-7-14(16)13(11)10-12/h11-14H,3-10H2,1-2H3. The first-order valence-electron chi connectivity index (χ1n) is 7.87. The van der Waals surface area contributed by atoms with Crippen molar-refractivity contribution in [3.05, 3.63) is 0 Å². The van der Waals surface area contributed by atoms with Crippen LogP contribution < -0.4 is 0 Å². The molecule has 3 rings (SSSR count). The highest BCUT2D eigenvalue weighted by molar-refractivity contribution is 5.70. The Morgan fingerprint density at radius 1 is 1.33 bits per heavy atom. The zero-order valence-electron chi connectivity index (χ0n) is 11.8. The number of carbonyl (C=O) groups excluding carboxylic acids is 1. The summed E-state index contributed by atoms with van der Waals surface area (Å²) < 4.78 is 5.98. The number of hydrogen-bond acceptors (Lipinski definition) is 2. The summed E-state index contributed by atoms with van der Waals surface area (Å²) in [4.78, 5) is 12.0. The Balaban J connectivity index is 1.69. The summed E-state index contributed by atoms with van der Waals surface area (Å²) in [6.45, 7) is 4.35. The first-order chi connectivity index (χ1) is 8.65. The zero-order chi connectivity index (χ0) is 12.8. The van der Waals surface area contributed by atoms with E-state index in [0.29, 0.717) is 18.3 Å². The molecule has 3 fully saturated rings. The molecular formula is C16H26O2. The first-order valence-corrected chi connectivity index (χ1v) is 7.87. The van der Waals surface area contributed by atoms with Crippen molar-refractivity contribution in [2.24, 2.45) is 23.7 Å². The Labute approximate surface area is 110 Å². The van der Waals surface area contributed by atoms with Gasteiger partial charge < -0.3 is 4.74 Å². The van der Waals surface area contributed by atoms with E-state index in [1.54, 1.807) is 0 Å². The van der Waals surface area contributed by atoms with E-state index in [9.17, 15) is 4.79 Å². The lowest BCUT2D eigenvalue weighted by Crippen LogP contribution is -2.48. The lowest BCUT2D eigenvalue weighted by molar-refractivity contribution is -0.174. The van der Waals surface area contributed by atoms with Crippen LogP contribution in [0.1, 0.15) is 65.2 Å². The molecule has 0 aromatic rings. The molecule has 0 aliphatic heterocycles. The number of fused-ring (bicyclic) bond motifs is 1. The molecule has 0 heterocycles. The second-order valence-corrected chi connectivity index (χ2v) is 6.89. The molecule has 0 N–H and O–H groups in total. The SMILES string of the molecule is CCCCC(=O)OC1(C)C2CC3CCCC1C3C2. The van der Waals surface area contributed by atoms with Gasteiger partial charge in [0.2, 0.25) is 0 Å². The zero-order valence-corrected chi connectivity index (χ0v) is 11.8. The molecule has 0 spiro atoms. The van der Waals surface area contributed by atoms with Gasteiger partial charge in [-0.2, -0.15) is 0 Å². The maximum absolute atomic E-state index is 12.0. The molecule has 5 atom stereocenters. The maximum atomic E-state index is 12.0. The minimum atomic E-state index is -0.119. The van der Waals surface area contributed by atoms with Crippen molar-refractivity contribution in [2.75, 3.05) is 0 Å². The molecule has 2 nitrogen and oxygen atoms in total. The van der Waals surface area contributed by atoms with E-state index in [0.717, 1.165) is 24.7 Å². The Morgan fingerprint density at radius 2 is 2.17 bits per heavy atom. The molecule has 2 heteroatoms. The Bertz CT molecular complexity index is 336. The number of carbonyl (C=O) groups is 1. The van der Waals surface area contributed by atoms with Crippen molar-refractivity contribution in [1.82, 2.24) is 0 Å². The van der Waals surface area contributed by atoms with E-state index < -0.39 is 0 Å². The lowest BCUT2D eigenvalue weighted by Gasteiger charge is -2.46. The van der Waals surface area contributed by atoms with Gasteiger partial charge in [0.25, 0.3) is 0 Å². The van der Waals surface area contributed by atoms with E-state index in [-0.39, 0.29) is 11.6 Å². The van der Waals surface area contributed by atoms with Gasteiger partial charge in [-0.25, -0.2) is 0 Å². The van der Waals surface area contributed by atoms with Crippen LogP contribution in [-0.4, -0.2) is 11.6 Å². The second kappa shape index (κ2) is 4.54. The minimum Gasteiger partial charge on any atom is -0.459 e. The predicted octanol–water partition coefficient (Wildman–Crippen LogP) is 3.93. The third-order valence-corrected chi connectivity index (χ3v) is 5.97. The fraction of sp³-hybridized carbons (Fsp3) is 0.938. The van der Waals surface area contributed by atoms with E-state index >= 15 is 0 Å². The monoisotopic (exact) mass is 250 g/mol. The number of ether oxygens (including phenoxy) is 1. The Kier molecular flexibility index (Phi) is 3.15. The van der Waals surface area contributed by atoms with E-state index in [1.807, 2.05) is 0 Å². The van der Waals surface area contributed by atoms with Gasteiger partial charge in [0.15, 0.2) is 0 Å². The summed E-state index contributed by atoms with van der Waals surface area (Å²) in [5.41, 5.74) is -0.119. The molecule has 5 unspecified atom stereocenters. The molecule has 0 radical (unpaired) electrons. The van der Waals surface area contributed by atoms with Gasteiger partial charge >= 0.3 is 5.97 Å². The Morgan fingerprint density at radius 3 is 2.94 bits per heavy atom. The number of rotatable bonds is 4. The van der Waals surface area contributed by atoms with E-state index in [2.05, 4.69) is 13.8 Å². The van der Waals surface area contributed by atoms with Gasteiger partial charge in [-0.3, -0.25) is 4.79 Å². The molecule has 2 bridgehead atoms. The van der Waals surface area contributed by atoms with Gasteiger partial charge in [-0.1, -0.05) is 26.2 Å². The van der Waals surface area contributed by atoms with E-state index in [4.69, 9.17) is 4.74 Å². The summed E-state index contributed by atoms with van der Waals surface area (Å²) in [5.74, 6) is 3.20. The molecule has 3 aliphatic carbocycles. The van der Waals surface area contributed by atoms with Crippen LogP contribution in [0.4, 0.5) is 0 Å². The summed E-state index contributed by atoms with van der Waals surface area (Å²) in [7, 11) is 0. The van der Waals surface area contributed by atoms with Crippen LogP contribution >= 0.6 is 0 Å². The van der Waals surface area contributed by atoms with Crippen LogP contribution in [0, 0.1) is 23.7 Å². The van der Waals surface area contributed by atoms with Crippen LogP contribution in [0.5, 0.6) is 0 Å². The molecule has 18 heavy (non-hydrogen) atoms. The van der Waals surface area contributed by atoms with Crippen molar-refractivity contribution in [3.63, 3.8) is 0 Å². The summed E-state index contributed by atoms with van der Waals surface area (Å²) in [5, 5.41) is 0. The predicted molar refractivity (Wildman–Crippen MR) is 71.1 cm³/mol. The highest BCUT2D eigenvalue weighted by atomic mass is 16.6. The topological polar surface area (TPSA) is 26.3 Å². The average molecular weight is 250 g/mol. The highest BCUT2D eigenvalue weighted by Gasteiger charge is 2.61. The normalized spacial score (nSPS) is 45.2. The van der Waals surface area contributed by atoms with E-state index in [1.165, 1.54) is 32.1 Å². The van der Waals surface area contributed by atoms with Crippen LogP contribution in [0.25, 0.3) is 0 Å². The van der Waals surface area contributed by atoms with Crippen LogP contribution in [0.3, 0.4) is 0 Å². The molecule has 3 aliphatic rings. The van der Waals surface area contributed by atoms with Crippen LogP contribution in [-0.2, 0) is 9.53 Å². The molecule has 0 saturated heterocycles. The van der Waals surface area contributed by atoms with Crippen molar-refractivity contribution < 1.29 is 9.53 Å². The molecule has 0 aromatic carbocycles. The third kappa shape index (κ3) is 1.80. The van der Waals surface area contributed by atoms with Crippen molar-refractivity contribution in [2.45, 2.75) is 70.8 Å². The smallest absolute Gasteiger partial charge is 0.306 e. The third-order valence-electron chi connectivity index (χ3n) is 5.97. The fourth-order valence-corrected chi connectivity index (χ4v) is 5.06. The number of hydrogen-bond donors (Lipinski definition) is 0. The summed E-state index contributed by atoms with van der Waals surface area (Å²) >= 11 is 0. The molecule has 0 amide bonds. The maximum Gasteiger partial charge on any atom is 0.306 e. The second-order valence-electron chi connectivity index (χ2n) is 6.89. The fourth-order valence-electron chi connectivity index (χ4n) is 5.06. The van der Waals surface area contributed by atoms with Gasteiger partial charge in [0.05, 0.1) is 0 Å². The van der Waals surface area contributed by atoms with Gasteiger partial charge in [-0.15, -0.1) is 0 Å². The van der Waals surface area contributed by atoms with Gasteiger partial charge in [0.1, 0.15) is 5.60 Å². The average Bonchev–Trinajstić information content (AvgIpc) is 2.88. The number of unbranched alkanes of at least 4 members (excludes halogenated alkanes) is 1. The highest BCUT2D eigenvalue weighted by Crippen LogP contribution is 2.63. The molecule has 102 valence electrons. The summed E-state index contributed by atoms with van der Waals surface area (Å²) in [6.07, 6.45) is 9.36. The van der Waals surface area contributed by atoms with Crippen molar-refractivity contribution >= 4 is 5.97 Å². The minimum absolute atomic E-state index is 0.0500.